The van der Waals surface area contributed by atoms with Crippen molar-refractivity contribution in [2.24, 2.45) is 0 Å². The maximum atomic E-state index is 12.8. The molecule has 0 aliphatic heterocycles. The van der Waals surface area contributed by atoms with E-state index in [0.717, 1.165) is 22.4 Å². The SMILES string of the molecule is Cc1ccc2c(c1)C=Cc1oc(C)nc1C2c1cn(Cc2cccc(C(=O)O)c2)c(=O)[nH]c1=S. The van der Waals surface area contributed by atoms with E-state index >= 15 is 0 Å². The number of aryl methyl sites for hydroxylation is 2. The van der Waals surface area contributed by atoms with Crippen LogP contribution >= 0.6 is 12.2 Å². The van der Waals surface area contributed by atoms with Crippen molar-refractivity contribution < 1.29 is 14.3 Å². The summed E-state index contributed by atoms with van der Waals surface area (Å²) >= 11 is 5.61. The minimum Gasteiger partial charge on any atom is -0.478 e. The highest BCUT2D eigenvalue weighted by Crippen LogP contribution is 2.39. The van der Waals surface area contributed by atoms with Crippen LogP contribution in [0.15, 0.2) is 57.9 Å². The summed E-state index contributed by atoms with van der Waals surface area (Å²) in [5.41, 5.74) is 5.08. The number of aromatic carboxylic acids is 1. The lowest BCUT2D eigenvalue weighted by molar-refractivity contribution is 0.0696. The summed E-state index contributed by atoms with van der Waals surface area (Å²) < 4.78 is 7.69. The van der Waals surface area contributed by atoms with E-state index in [1.165, 1.54) is 10.6 Å². The Morgan fingerprint density at radius 2 is 2.00 bits per heavy atom. The van der Waals surface area contributed by atoms with Gasteiger partial charge in [-0.15, -0.1) is 0 Å². The van der Waals surface area contributed by atoms with Crippen LogP contribution < -0.4 is 5.69 Å². The van der Waals surface area contributed by atoms with Crippen molar-refractivity contribution in [3.8, 4) is 0 Å². The van der Waals surface area contributed by atoms with Crippen molar-refractivity contribution >= 4 is 30.3 Å². The predicted octanol–water partition coefficient (Wildman–Crippen LogP) is 4.92. The monoisotopic (exact) mass is 471 g/mol. The number of fused-ring (bicyclic) bond motifs is 2. The number of carboxylic acid groups (broad SMARTS) is 1. The molecule has 4 aromatic rings. The zero-order valence-electron chi connectivity index (χ0n) is 18.5. The van der Waals surface area contributed by atoms with E-state index < -0.39 is 5.97 Å². The number of H-pyrrole nitrogens is 1. The van der Waals surface area contributed by atoms with Crippen LogP contribution in [0.5, 0.6) is 0 Å². The van der Waals surface area contributed by atoms with Crippen molar-refractivity contribution in [3.05, 3.63) is 115 Å². The molecule has 0 saturated carbocycles. The topological polar surface area (TPSA) is 101 Å². The molecule has 2 heterocycles. The van der Waals surface area contributed by atoms with E-state index in [1.54, 1.807) is 31.3 Å². The van der Waals surface area contributed by atoms with Gasteiger partial charge in [-0.1, -0.05) is 54.2 Å². The van der Waals surface area contributed by atoms with Gasteiger partial charge in [0.15, 0.2) is 11.7 Å². The molecule has 8 heteroatoms. The van der Waals surface area contributed by atoms with E-state index in [9.17, 15) is 14.7 Å². The highest BCUT2D eigenvalue weighted by atomic mass is 32.1. The van der Waals surface area contributed by atoms with Crippen LogP contribution in [-0.2, 0) is 6.54 Å². The Kier molecular flexibility index (Phi) is 5.37. The summed E-state index contributed by atoms with van der Waals surface area (Å²) in [6.07, 6.45) is 5.65. The third kappa shape index (κ3) is 3.92. The number of oxazole rings is 1. The van der Waals surface area contributed by atoms with Gasteiger partial charge >= 0.3 is 11.7 Å². The van der Waals surface area contributed by atoms with Crippen LogP contribution in [0.4, 0.5) is 0 Å². The van der Waals surface area contributed by atoms with Crippen molar-refractivity contribution in [2.75, 3.05) is 0 Å². The summed E-state index contributed by atoms with van der Waals surface area (Å²) in [6.45, 7) is 4.02. The second-order valence-corrected chi connectivity index (χ2v) is 8.77. The second kappa shape index (κ2) is 8.39. The normalized spacial score (nSPS) is 14.4. The van der Waals surface area contributed by atoms with E-state index in [1.807, 2.05) is 25.1 Å². The van der Waals surface area contributed by atoms with E-state index in [4.69, 9.17) is 16.6 Å². The first-order valence-electron chi connectivity index (χ1n) is 10.7. The molecule has 2 aromatic carbocycles. The van der Waals surface area contributed by atoms with Gasteiger partial charge < -0.3 is 9.52 Å². The fourth-order valence-corrected chi connectivity index (χ4v) is 4.62. The zero-order valence-corrected chi connectivity index (χ0v) is 19.3. The Morgan fingerprint density at radius 3 is 2.79 bits per heavy atom. The molecule has 0 spiro atoms. The second-order valence-electron chi connectivity index (χ2n) is 8.36. The van der Waals surface area contributed by atoms with Crippen LogP contribution in [0.2, 0.25) is 0 Å². The van der Waals surface area contributed by atoms with Crippen molar-refractivity contribution in [3.63, 3.8) is 0 Å². The Labute approximate surface area is 200 Å². The van der Waals surface area contributed by atoms with E-state index in [2.05, 4.69) is 22.1 Å². The summed E-state index contributed by atoms with van der Waals surface area (Å²) in [4.78, 5) is 31.6. The van der Waals surface area contributed by atoms with Gasteiger partial charge in [-0.3, -0.25) is 9.55 Å². The highest BCUT2D eigenvalue weighted by Gasteiger charge is 2.29. The number of benzene rings is 2. The third-order valence-corrected chi connectivity index (χ3v) is 6.24. The van der Waals surface area contributed by atoms with Gasteiger partial charge in [0.1, 0.15) is 4.64 Å². The molecule has 0 bridgehead atoms. The van der Waals surface area contributed by atoms with Crippen LogP contribution in [0.1, 0.15) is 61.4 Å². The molecular formula is C26H21N3O4S. The standard InChI is InChI=1S/C26H21N3O4S/c1-14-6-8-19-17(10-14)7-9-21-23(27-15(2)33-21)22(19)20-13-29(26(32)28-24(20)34)12-16-4-3-5-18(11-16)25(30)31/h3-11,13,22H,12H2,1-2H3,(H,30,31)(H,28,32,34). The fraction of sp³-hybridized carbons (Fsp3) is 0.154. The minimum atomic E-state index is -1.02. The van der Waals surface area contributed by atoms with Crippen LogP contribution in [0, 0.1) is 18.5 Å². The average Bonchev–Trinajstić information content (AvgIpc) is 3.10. The number of hydrogen-bond acceptors (Lipinski definition) is 5. The molecule has 1 unspecified atom stereocenters. The van der Waals surface area contributed by atoms with Gasteiger partial charge in [-0.2, -0.15) is 0 Å². The molecule has 0 saturated heterocycles. The lowest BCUT2D eigenvalue weighted by Crippen LogP contribution is -2.25. The molecule has 2 N–H and O–H groups in total. The van der Waals surface area contributed by atoms with Crippen LogP contribution in [-0.4, -0.2) is 25.6 Å². The zero-order chi connectivity index (χ0) is 24.0. The lowest BCUT2D eigenvalue weighted by atomic mass is 9.87. The van der Waals surface area contributed by atoms with Crippen molar-refractivity contribution in [1.29, 1.82) is 0 Å². The molecular weight excluding hydrogens is 450 g/mol. The number of nitrogens with one attached hydrogen (secondary N) is 1. The minimum absolute atomic E-state index is 0.163. The average molecular weight is 472 g/mol. The first-order valence-corrected chi connectivity index (χ1v) is 11.1. The lowest BCUT2D eigenvalue weighted by Gasteiger charge is -2.19. The third-order valence-electron chi connectivity index (χ3n) is 5.91. The number of aromatic amines is 1. The van der Waals surface area contributed by atoms with Gasteiger partial charge in [-0.25, -0.2) is 14.6 Å². The van der Waals surface area contributed by atoms with Gasteiger partial charge in [0, 0.05) is 18.7 Å². The van der Waals surface area contributed by atoms with Crippen LogP contribution in [0.25, 0.3) is 12.2 Å². The van der Waals surface area contributed by atoms with Crippen molar-refractivity contribution in [2.45, 2.75) is 26.3 Å². The molecule has 0 fully saturated rings. The van der Waals surface area contributed by atoms with Gasteiger partial charge in [0.2, 0.25) is 0 Å². The largest absolute Gasteiger partial charge is 0.478 e. The molecule has 0 radical (unpaired) electrons. The van der Waals surface area contributed by atoms with Gasteiger partial charge in [-0.05, 0) is 41.8 Å². The van der Waals surface area contributed by atoms with E-state index in [0.29, 0.717) is 27.4 Å². The Morgan fingerprint density at radius 1 is 1.18 bits per heavy atom. The number of nitrogens with zero attached hydrogens (tertiary/aromatic N) is 2. The van der Waals surface area contributed by atoms with E-state index in [-0.39, 0.29) is 23.7 Å². The Bertz CT molecular complexity index is 1590. The van der Waals surface area contributed by atoms with Gasteiger partial charge in [0.05, 0.1) is 23.7 Å². The number of carbonyl (C=O) groups is 1. The van der Waals surface area contributed by atoms with Crippen LogP contribution in [0.3, 0.4) is 0 Å². The molecule has 5 rings (SSSR count). The molecule has 1 atom stereocenters. The summed E-state index contributed by atoms with van der Waals surface area (Å²) in [6, 6.07) is 12.7. The first-order chi connectivity index (χ1) is 16.3. The Hall–Kier alpha value is -4.04. The maximum Gasteiger partial charge on any atom is 0.335 e. The Balaban J connectivity index is 1.68. The molecule has 7 nitrogen and oxygen atoms in total. The smallest absolute Gasteiger partial charge is 0.335 e. The first kappa shape index (κ1) is 21.8. The molecule has 1 aliphatic rings. The summed E-state index contributed by atoms with van der Waals surface area (Å²) in [5, 5.41) is 9.30. The number of rotatable bonds is 4. The highest BCUT2D eigenvalue weighted by molar-refractivity contribution is 7.71. The number of carboxylic acids is 1. The molecule has 1 aliphatic carbocycles. The molecule has 0 amide bonds. The van der Waals surface area contributed by atoms with Gasteiger partial charge in [0.25, 0.3) is 0 Å². The summed E-state index contributed by atoms with van der Waals surface area (Å²) in [7, 11) is 0. The predicted molar refractivity (Wildman–Crippen MR) is 131 cm³/mol. The number of aromatic nitrogens is 3. The number of hydrogen-bond donors (Lipinski definition) is 2. The van der Waals surface area contributed by atoms with Crippen molar-refractivity contribution in [1.82, 2.24) is 14.5 Å². The fourth-order valence-electron chi connectivity index (χ4n) is 4.36. The quantitative estimate of drug-likeness (QED) is 0.361. The molecule has 2 aromatic heterocycles. The maximum absolute atomic E-state index is 12.8. The molecule has 34 heavy (non-hydrogen) atoms. The molecule has 170 valence electrons. The summed E-state index contributed by atoms with van der Waals surface area (Å²) in [5.74, 6) is -0.172.